The summed E-state index contributed by atoms with van der Waals surface area (Å²) in [5.74, 6) is 0. The van der Waals surface area contributed by atoms with Crippen LogP contribution < -0.4 is 5.32 Å². The molecule has 0 aliphatic rings. The zero-order valence-electron chi connectivity index (χ0n) is 11.1. The van der Waals surface area contributed by atoms with Gasteiger partial charge in [0.15, 0.2) is 0 Å². The normalized spacial score (nSPS) is 13.7. The van der Waals surface area contributed by atoms with Crippen molar-refractivity contribution in [1.29, 1.82) is 0 Å². The van der Waals surface area contributed by atoms with E-state index in [1.807, 2.05) is 12.1 Å². The minimum atomic E-state index is 0.102. The van der Waals surface area contributed by atoms with E-state index in [0.29, 0.717) is 16.6 Å². The summed E-state index contributed by atoms with van der Waals surface area (Å²) in [4.78, 5) is 0. The number of aliphatic hydroxyl groups excluding tert-OH is 1. The van der Waals surface area contributed by atoms with Crippen LogP contribution in [0, 0.1) is 5.41 Å². The molecule has 1 unspecified atom stereocenters. The first kappa shape index (κ1) is 15.8. The van der Waals surface area contributed by atoms with Gasteiger partial charge in [-0.1, -0.05) is 44.0 Å². The van der Waals surface area contributed by atoms with Crippen molar-refractivity contribution in [3.05, 3.63) is 33.8 Å². The van der Waals surface area contributed by atoms with Crippen molar-refractivity contribution < 1.29 is 5.11 Å². The number of benzene rings is 1. The number of aliphatic hydroxyl groups is 1. The second kappa shape index (κ2) is 6.76. The highest BCUT2D eigenvalue weighted by molar-refractivity contribution is 6.34. The molecule has 1 aromatic rings. The Morgan fingerprint density at radius 1 is 1.17 bits per heavy atom. The summed E-state index contributed by atoms with van der Waals surface area (Å²) in [5, 5.41) is 13.9. The van der Waals surface area contributed by atoms with E-state index in [-0.39, 0.29) is 18.1 Å². The molecule has 0 spiro atoms. The summed E-state index contributed by atoms with van der Waals surface area (Å²) in [7, 11) is 0. The molecule has 1 rings (SSSR count). The number of rotatable bonds is 5. The minimum Gasteiger partial charge on any atom is -0.396 e. The minimum absolute atomic E-state index is 0.102. The quantitative estimate of drug-likeness (QED) is 0.862. The highest BCUT2D eigenvalue weighted by Crippen LogP contribution is 2.23. The summed E-state index contributed by atoms with van der Waals surface area (Å²) in [6.07, 6.45) is 0.734. The molecule has 0 aliphatic heterocycles. The lowest BCUT2D eigenvalue weighted by molar-refractivity contribution is 0.196. The van der Waals surface area contributed by atoms with Crippen LogP contribution in [-0.4, -0.2) is 17.8 Å². The van der Waals surface area contributed by atoms with Crippen molar-refractivity contribution in [2.45, 2.75) is 39.8 Å². The van der Waals surface area contributed by atoms with E-state index < -0.39 is 0 Å². The maximum absolute atomic E-state index is 9.10. The molecule has 0 aliphatic carbocycles. The number of halogens is 2. The standard InChI is InChI=1S/C14H21Cl2NO/c1-14(2,3)13(4-5-18)17-9-10-6-11(15)8-12(16)7-10/h6-8,13,17-18H,4-5,9H2,1-3H3. The lowest BCUT2D eigenvalue weighted by Gasteiger charge is -2.31. The third-order valence-electron chi connectivity index (χ3n) is 2.94. The Balaban J connectivity index is 2.67. The van der Waals surface area contributed by atoms with Crippen LogP contribution in [0.25, 0.3) is 0 Å². The fraction of sp³-hybridized carbons (Fsp3) is 0.571. The van der Waals surface area contributed by atoms with Gasteiger partial charge in [-0.25, -0.2) is 0 Å². The van der Waals surface area contributed by atoms with Crippen LogP contribution in [0.4, 0.5) is 0 Å². The van der Waals surface area contributed by atoms with Gasteiger partial charge < -0.3 is 10.4 Å². The van der Waals surface area contributed by atoms with E-state index in [9.17, 15) is 0 Å². The summed E-state index contributed by atoms with van der Waals surface area (Å²) in [5.41, 5.74) is 1.16. The molecule has 0 amide bonds. The van der Waals surface area contributed by atoms with Crippen LogP contribution in [0.3, 0.4) is 0 Å². The predicted molar refractivity (Wildman–Crippen MR) is 78.2 cm³/mol. The summed E-state index contributed by atoms with van der Waals surface area (Å²) in [6.45, 7) is 7.36. The molecular weight excluding hydrogens is 269 g/mol. The van der Waals surface area contributed by atoms with E-state index in [0.717, 1.165) is 12.0 Å². The third kappa shape index (κ3) is 5.15. The maximum atomic E-state index is 9.10. The first-order valence-corrected chi connectivity index (χ1v) is 6.87. The number of nitrogens with one attached hydrogen (secondary N) is 1. The maximum Gasteiger partial charge on any atom is 0.0446 e. The molecule has 102 valence electrons. The van der Waals surface area contributed by atoms with Gasteiger partial charge in [-0.2, -0.15) is 0 Å². The lowest BCUT2D eigenvalue weighted by Crippen LogP contribution is -2.40. The van der Waals surface area contributed by atoms with Crippen molar-refractivity contribution in [1.82, 2.24) is 5.32 Å². The highest BCUT2D eigenvalue weighted by atomic mass is 35.5. The van der Waals surface area contributed by atoms with Gasteiger partial charge in [0.2, 0.25) is 0 Å². The molecule has 0 aromatic heterocycles. The fourth-order valence-electron chi connectivity index (χ4n) is 1.92. The van der Waals surface area contributed by atoms with E-state index >= 15 is 0 Å². The third-order valence-corrected chi connectivity index (χ3v) is 3.37. The topological polar surface area (TPSA) is 32.3 Å². The van der Waals surface area contributed by atoms with Crippen LogP contribution in [-0.2, 0) is 6.54 Å². The molecule has 1 aromatic carbocycles. The summed E-state index contributed by atoms with van der Waals surface area (Å²) in [6, 6.07) is 5.78. The molecule has 0 radical (unpaired) electrons. The van der Waals surface area contributed by atoms with Gasteiger partial charge in [0, 0.05) is 29.2 Å². The summed E-state index contributed by atoms with van der Waals surface area (Å²) >= 11 is 11.9. The van der Waals surface area contributed by atoms with Crippen molar-refractivity contribution >= 4 is 23.2 Å². The van der Waals surface area contributed by atoms with Crippen molar-refractivity contribution in [2.24, 2.45) is 5.41 Å². The number of hydrogen-bond donors (Lipinski definition) is 2. The predicted octanol–water partition coefficient (Wildman–Crippen LogP) is 3.88. The second-order valence-electron chi connectivity index (χ2n) is 5.59. The van der Waals surface area contributed by atoms with Gasteiger partial charge in [0.25, 0.3) is 0 Å². The van der Waals surface area contributed by atoms with Crippen LogP contribution in [0.15, 0.2) is 18.2 Å². The second-order valence-corrected chi connectivity index (χ2v) is 6.46. The molecule has 0 saturated heterocycles. The Kier molecular flexibility index (Phi) is 5.93. The molecule has 1 atom stereocenters. The Hall–Kier alpha value is -0.280. The van der Waals surface area contributed by atoms with E-state index in [4.69, 9.17) is 28.3 Å². The molecule has 0 saturated carbocycles. The largest absolute Gasteiger partial charge is 0.396 e. The Labute approximate surface area is 119 Å². The molecule has 0 heterocycles. The number of hydrogen-bond acceptors (Lipinski definition) is 2. The zero-order valence-corrected chi connectivity index (χ0v) is 12.6. The average Bonchev–Trinajstić information content (AvgIpc) is 2.21. The first-order valence-electron chi connectivity index (χ1n) is 6.12. The molecule has 0 bridgehead atoms. The lowest BCUT2D eigenvalue weighted by atomic mass is 9.85. The van der Waals surface area contributed by atoms with E-state index in [1.165, 1.54) is 0 Å². The van der Waals surface area contributed by atoms with Crippen LogP contribution in [0.1, 0.15) is 32.8 Å². The van der Waals surface area contributed by atoms with Gasteiger partial charge in [0.05, 0.1) is 0 Å². The SMILES string of the molecule is CC(C)(C)C(CCO)NCc1cc(Cl)cc(Cl)c1. The van der Waals surface area contributed by atoms with Crippen LogP contribution >= 0.6 is 23.2 Å². The van der Waals surface area contributed by atoms with Gasteiger partial charge in [-0.15, -0.1) is 0 Å². The molecular formula is C14H21Cl2NO. The van der Waals surface area contributed by atoms with E-state index in [2.05, 4.69) is 26.1 Å². The fourth-order valence-corrected chi connectivity index (χ4v) is 2.50. The van der Waals surface area contributed by atoms with Crippen molar-refractivity contribution in [3.8, 4) is 0 Å². The zero-order chi connectivity index (χ0) is 13.8. The molecule has 0 fully saturated rings. The summed E-state index contributed by atoms with van der Waals surface area (Å²) < 4.78 is 0. The Bertz CT molecular complexity index is 368. The highest BCUT2D eigenvalue weighted by Gasteiger charge is 2.23. The Morgan fingerprint density at radius 3 is 2.17 bits per heavy atom. The van der Waals surface area contributed by atoms with Crippen LogP contribution in [0.5, 0.6) is 0 Å². The van der Waals surface area contributed by atoms with Crippen molar-refractivity contribution in [3.63, 3.8) is 0 Å². The molecule has 18 heavy (non-hydrogen) atoms. The Morgan fingerprint density at radius 2 is 1.72 bits per heavy atom. The van der Waals surface area contributed by atoms with Crippen molar-refractivity contribution in [2.75, 3.05) is 6.61 Å². The smallest absolute Gasteiger partial charge is 0.0446 e. The van der Waals surface area contributed by atoms with E-state index in [1.54, 1.807) is 6.07 Å². The molecule has 4 heteroatoms. The van der Waals surface area contributed by atoms with Gasteiger partial charge >= 0.3 is 0 Å². The van der Waals surface area contributed by atoms with Gasteiger partial charge in [-0.3, -0.25) is 0 Å². The average molecular weight is 290 g/mol. The molecule has 2 N–H and O–H groups in total. The van der Waals surface area contributed by atoms with Gasteiger partial charge in [-0.05, 0) is 35.6 Å². The monoisotopic (exact) mass is 289 g/mol. The van der Waals surface area contributed by atoms with Crippen LogP contribution in [0.2, 0.25) is 10.0 Å². The molecule has 2 nitrogen and oxygen atoms in total. The van der Waals surface area contributed by atoms with Gasteiger partial charge in [0.1, 0.15) is 0 Å². The first-order chi connectivity index (χ1) is 8.32.